The second-order valence-electron chi connectivity index (χ2n) is 6.53. The Morgan fingerprint density at radius 1 is 1.05 bits per heavy atom. The van der Waals surface area contributed by atoms with Crippen LogP contribution in [0.2, 0.25) is 0 Å². The molecule has 112 valence electrons. The Labute approximate surface area is 122 Å². The number of hydrogen-bond acceptors (Lipinski definition) is 3. The van der Waals surface area contributed by atoms with Crippen LogP contribution in [0.4, 0.5) is 11.4 Å². The van der Waals surface area contributed by atoms with Gasteiger partial charge in [0.25, 0.3) is 0 Å². The van der Waals surface area contributed by atoms with Crippen molar-refractivity contribution in [1.29, 1.82) is 0 Å². The van der Waals surface area contributed by atoms with E-state index in [9.17, 15) is 8.42 Å². The van der Waals surface area contributed by atoms with E-state index in [0.29, 0.717) is 17.1 Å². The topological polar surface area (TPSA) is 58.2 Å². The van der Waals surface area contributed by atoms with Crippen LogP contribution in [0, 0.1) is 5.41 Å². The Kier molecular flexibility index (Phi) is 4.28. The maximum Gasteiger partial charge on any atom is 0.229 e. The van der Waals surface area contributed by atoms with Gasteiger partial charge in [-0.2, -0.15) is 0 Å². The van der Waals surface area contributed by atoms with Gasteiger partial charge in [0.2, 0.25) is 10.0 Å². The molecule has 4 nitrogen and oxygen atoms in total. The highest BCUT2D eigenvalue weighted by molar-refractivity contribution is 7.92. The predicted octanol–water partition coefficient (Wildman–Crippen LogP) is 3.44. The molecule has 0 aliphatic heterocycles. The maximum atomic E-state index is 11.1. The summed E-state index contributed by atoms with van der Waals surface area (Å²) in [5, 5.41) is 3.53. The zero-order chi connectivity index (χ0) is 14.8. The van der Waals surface area contributed by atoms with Crippen molar-refractivity contribution in [1.82, 2.24) is 0 Å². The molecule has 20 heavy (non-hydrogen) atoms. The molecular weight excluding hydrogens is 272 g/mol. The molecule has 2 rings (SSSR count). The van der Waals surface area contributed by atoms with Crippen LogP contribution in [-0.4, -0.2) is 20.7 Å². The van der Waals surface area contributed by atoms with Crippen LogP contribution in [0.25, 0.3) is 0 Å². The molecule has 0 saturated heterocycles. The second kappa shape index (κ2) is 5.64. The summed E-state index contributed by atoms with van der Waals surface area (Å²) in [7, 11) is -3.20. The summed E-state index contributed by atoms with van der Waals surface area (Å²) in [5.74, 6) is 0. The molecule has 0 aromatic heterocycles. The van der Waals surface area contributed by atoms with Gasteiger partial charge in [0.1, 0.15) is 0 Å². The molecule has 0 heterocycles. The number of benzene rings is 1. The van der Waals surface area contributed by atoms with E-state index in [1.165, 1.54) is 25.7 Å². The summed E-state index contributed by atoms with van der Waals surface area (Å²) in [6.45, 7) is 4.66. The highest BCUT2D eigenvalue weighted by Crippen LogP contribution is 2.36. The lowest BCUT2D eigenvalue weighted by atomic mass is 9.75. The molecule has 5 heteroatoms. The Hall–Kier alpha value is -1.23. The van der Waals surface area contributed by atoms with Gasteiger partial charge in [-0.15, -0.1) is 0 Å². The molecule has 1 aliphatic rings. The van der Waals surface area contributed by atoms with Gasteiger partial charge in [-0.05, 0) is 55.4 Å². The average Bonchev–Trinajstić information content (AvgIpc) is 2.32. The quantitative estimate of drug-likeness (QED) is 0.895. The first-order valence-electron chi connectivity index (χ1n) is 7.08. The molecule has 0 spiro atoms. The zero-order valence-electron chi connectivity index (χ0n) is 12.4. The first-order valence-corrected chi connectivity index (χ1v) is 8.97. The van der Waals surface area contributed by atoms with Crippen LogP contribution >= 0.6 is 0 Å². The Bertz CT molecular complexity index is 540. The lowest BCUT2D eigenvalue weighted by molar-refractivity contribution is 0.232. The van der Waals surface area contributed by atoms with Gasteiger partial charge in [0.05, 0.1) is 6.26 Å². The Balaban J connectivity index is 1.91. The van der Waals surface area contributed by atoms with Gasteiger partial charge in [-0.25, -0.2) is 8.42 Å². The molecule has 1 aliphatic carbocycles. The van der Waals surface area contributed by atoms with Gasteiger partial charge in [-0.3, -0.25) is 4.72 Å². The molecule has 0 bridgehead atoms. The number of nitrogens with one attached hydrogen (secondary N) is 2. The summed E-state index contributed by atoms with van der Waals surface area (Å²) in [5.41, 5.74) is 2.12. The largest absolute Gasteiger partial charge is 0.382 e. The Morgan fingerprint density at radius 2 is 1.55 bits per heavy atom. The van der Waals surface area contributed by atoms with E-state index in [0.717, 1.165) is 11.9 Å². The molecule has 1 aromatic rings. The third-order valence-electron chi connectivity index (χ3n) is 3.90. The van der Waals surface area contributed by atoms with Crippen molar-refractivity contribution in [2.75, 3.05) is 16.3 Å². The summed E-state index contributed by atoms with van der Waals surface area (Å²) in [4.78, 5) is 0. The van der Waals surface area contributed by atoms with E-state index in [1.807, 2.05) is 12.1 Å². The van der Waals surface area contributed by atoms with Crippen LogP contribution in [0.3, 0.4) is 0 Å². The molecule has 0 unspecified atom stereocenters. The first-order chi connectivity index (χ1) is 9.23. The van der Waals surface area contributed by atoms with Crippen molar-refractivity contribution in [2.45, 2.75) is 45.6 Å². The number of anilines is 2. The van der Waals surface area contributed by atoms with Crippen molar-refractivity contribution in [3.8, 4) is 0 Å². The van der Waals surface area contributed by atoms with Crippen molar-refractivity contribution in [3.05, 3.63) is 24.3 Å². The van der Waals surface area contributed by atoms with Crippen LogP contribution < -0.4 is 10.0 Å². The smallest absolute Gasteiger partial charge is 0.229 e. The minimum absolute atomic E-state index is 0.474. The van der Waals surface area contributed by atoms with Gasteiger partial charge in [-0.1, -0.05) is 13.8 Å². The second-order valence-corrected chi connectivity index (χ2v) is 8.28. The zero-order valence-corrected chi connectivity index (χ0v) is 13.3. The molecule has 1 fully saturated rings. The van der Waals surface area contributed by atoms with Crippen LogP contribution in [0.1, 0.15) is 39.5 Å². The molecular formula is C15H24N2O2S. The fourth-order valence-electron chi connectivity index (χ4n) is 2.63. The van der Waals surface area contributed by atoms with Crippen molar-refractivity contribution < 1.29 is 8.42 Å². The molecule has 1 aromatic carbocycles. The van der Waals surface area contributed by atoms with E-state index in [-0.39, 0.29) is 0 Å². The lowest BCUT2D eigenvalue weighted by Crippen LogP contribution is -2.29. The highest BCUT2D eigenvalue weighted by Gasteiger charge is 2.26. The molecule has 0 atom stereocenters. The van der Waals surface area contributed by atoms with E-state index < -0.39 is 10.0 Å². The fraction of sp³-hybridized carbons (Fsp3) is 0.600. The third-order valence-corrected chi connectivity index (χ3v) is 4.50. The van der Waals surface area contributed by atoms with Gasteiger partial charge in [0, 0.05) is 17.4 Å². The molecule has 0 radical (unpaired) electrons. The monoisotopic (exact) mass is 296 g/mol. The lowest BCUT2D eigenvalue weighted by Gasteiger charge is -2.35. The summed E-state index contributed by atoms with van der Waals surface area (Å²) in [6, 6.07) is 7.95. The average molecular weight is 296 g/mol. The van der Waals surface area contributed by atoms with Crippen molar-refractivity contribution in [2.24, 2.45) is 5.41 Å². The molecule has 2 N–H and O–H groups in total. The highest BCUT2D eigenvalue weighted by atomic mass is 32.2. The molecule has 0 amide bonds. The molecule has 1 saturated carbocycles. The summed E-state index contributed by atoms with van der Waals surface area (Å²) in [6.07, 6.45) is 6.03. The van der Waals surface area contributed by atoms with Crippen LogP contribution in [0.15, 0.2) is 24.3 Å². The summed E-state index contributed by atoms with van der Waals surface area (Å²) < 4.78 is 24.7. The van der Waals surface area contributed by atoms with E-state index >= 15 is 0 Å². The van der Waals surface area contributed by atoms with E-state index in [2.05, 4.69) is 23.9 Å². The summed E-state index contributed by atoms with van der Waals surface area (Å²) >= 11 is 0. The van der Waals surface area contributed by atoms with Crippen LogP contribution in [0.5, 0.6) is 0 Å². The number of hydrogen-bond donors (Lipinski definition) is 2. The maximum absolute atomic E-state index is 11.1. The van der Waals surface area contributed by atoms with Crippen molar-refractivity contribution in [3.63, 3.8) is 0 Å². The van der Waals surface area contributed by atoms with Crippen LogP contribution in [-0.2, 0) is 10.0 Å². The van der Waals surface area contributed by atoms with Gasteiger partial charge < -0.3 is 5.32 Å². The number of rotatable bonds is 4. The minimum Gasteiger partial charge on any atom is -0.382 e. The third kappa shape index (κ3) is 4.71. The fourth-order valence-corrected chi connectivity index (χ4v) is 3.19. The minimum atomic E-state index is -3.20. The normalized spacial score (nSPS) is 19.6. The first kappa shape index (κ1) is 15.2. The van der Waals surface area contributed by atoms with Gasteiger partial charge >= 0.3 is 0 Å². The Morgan fingerprint density at radius 3 is 2.05 bits per heavy atom. The SMILES string of the molecule is CC1(C)CCC(Nc2ccc(NS(C)(=O)=O)cc2)CC1. The van der Waals surface area contributed by atoms with Gasteiger partial charge in [0.15, 0.2) is 0 Å². The van der Waals surface area contributed by atoms with Crippen molar-refractivity contribution >= 4 is 21.4 Å². The van der Waals surface area contributed by atoms with E-state index in [4.69, 9.17) is 0 Å². The number of sulfonamides is 1. The standard InChI is InChI=1S/C15H24N2O2S/c1-15(2)10-8-13(9-11-15)16-12-4-6-14(7-5-12)17-20(3,18)19/h4-7,13,16-17H,8-11H2,1-3H3. The predicted molar refractivity (Wildman–Crippen MR) is 84.6 cm³/mol. The van der Waals surface area contributed by atoms with E-state index in [1.54, 1.807) is 12.1 Å².